The predicted molar refractivity (Wildman–Crippen MR) is 54.8 cm³/mol. The minimum Gasteiger partial charge on any atom is -0.369 e. The van der Waals surface area contributed by atoms with Crippen molar-refractivity contribution in [3.05, 3.63) is 24.3 Å². The normalized spacial score (nSPS) is 20.1. The maximum absolute atomic E-state index is 11.6. The highest BCUT2D eigenvalue weighted by molar-refractivity contribution is 5.88. The number of likely N-dealkylation sites (tertiary alicyclic amines) is 1. The Balaban J connectivity index is 2.02. The lowest BCUT2D eigenvalue weighted by atomic mass is 10.1. The van der Waals surface area contributed by atoms with Crippen LogP contribution in [0.2, 0.25) is 0 Å². The summed E-state index contributed by atoms with van der Waals surface area (Å²) in [5.41, 5.74) is 6.02. The SMILES string of the molecule is NC(=O)C1CC(=O)N(Cc2cncnc2)C1. The van der Waals surface area contributed by atoms with Crippen molar-refractivity contribution in [1.29, 1.82) is 0 Å². The molecule has 0 aromatic carbocycles. The van der Waals surface area contributed by atoms with Crippen LogP contribution in [-0.4, -0.2) is 33.2 Å². The maximum Gasteiger partial charge on any atom is 0.223 e. The van der Waals surface area contributed by atoms with Crippen LogP contribution in [0, 0.1) is 5.92 Å². The van der Waals surface area contributed by atoms with E-state index in [1.807, 2.05) is 0 Å². The Morgan fingerprint density at radius 2 is 2.19 bits per heavy atom. The number of nitrogens with two attached hydrogens (primary N) is 1. The fourth-order valence-electron chi connectivity index (χ4n) is 1.75. The molecular formula is C10H12N4O2. The molecule has 2 amide bonds. The Hall–Kier alpha value is -1.98. The predicted octanol–water partition coefficient (Wildman–Crippen LogP) is -0.690. The standard InChI is InChI=1S/C10H12N4O2/c11-10(16)8-1-9(15)14(5-8)4-7-2-12-6-13-3-7/h2-3,6,8H,1,4-5H2,(H2,11,16). The van der Waals surface area contributed by atoms with Gasteiger partial charge in [-0.15, -0.1) is 0 Å². The molecule has 1 unspecified atom stereocenters. The van der Waals surface area contributed by atoms with Crippen molar-refractivity contribution < 1.29 is 9.59 Å². The number of primary amides is 1. The third-order valence-corrected chi connectivity index (χ3v) is 2.60. The summed E-state index contributed by atoms with van der Waals surface area (Å²) in [5.74, 6) is -0.829. The van der Waals surface area contributed by atoms with Crippen LogP contribution in [0.5, 0.6) is 0 Å². The van der Waals surface area contributed by atoms with Gasteiger partial charge in [0.05, 0.1) is 5.92 Å². The van der Waals surface area contributed by atoms with Crippen molar-refractivity contribution >= 4 is 11.8 Å². The molecule has 1 atom stereocenters. The van der Waals surface area contributed by atoms with Crippen molar-refractivity contribution in [2.45, 2.75) is 13.0 Å². The van der Waals surface area contributed by atoms with E-state index >= 15 is 0 Å². The number of amides is 2. The third-order valence-electron chi connectivity index (χ3n) is 2.60. The van der Waals surface area contributed by atoms with E-state index < -0.39 is 5.91 Å². The first-order chi connectivity index (χ1) is 7.66. The molecule has 1 aromatic heterocycles. The maximum atomic E-state index is 11.6. The van der Waals surface area contributed by atoms with Gasteiger partial charge in [-0.25, -0.2) is 9.97 Å². The minimum atomic E-state index is -0.417. The summed E-state index contributed by atoms with van der Waals surface area (Å²) in [5, 5.41) is 0. The van der Waals surface area contributed by atoms with Crippen molar-refractivity contribution in [3.8, 4) is 0 Å². The van der Waals surface area contributed by atoms with Gasteiger partial charge in [0.25, 0.3) is 0 Å². The Bertz CT molecular complexity index is 407. The van der Waals surface area contributed by atoms with Crippen LogP contribution in [0.3, 0.4) is 0 Å². The van der Waals surface area contributed by atoms with Crippen LogP contribution in [0.1, 0.15) is 12.0 Å². The number of rotatable bonds is 3. The molecule has 1 aliphatic rings. The zero-order valence-electron chi connectivity index (χ0n) is 8.67. The Labute approximate surface area is 92.5 Å². The van der Waals surface area contributed by atoms with Crippen LogP contribution in [0.25, 0.3) is 0 Å². The van der Waals surface area contributed by atoms with Gasteiger partial charge >= 0.3 is 0 Å². The molecule has 0 radical (unpaired) electrons. The van der Waals surface area contributed by atoms with Crippen molar-refractivity contribution in [1.82, 2.24) is 14.9 Å². The quantitative estimate of drug-likeness (QED) is 0.730. The summed E-state index contributed by atoms with van der Waals surface area (Å²) in [7, 11) is 0. The first kappa shape index (κ1) is 10.5. The summed E-state index contributed by atoms with van der Waals surface area (Å²) < 4.78 is 0. The second-order valence-corrected chi connectivity index (χ2v) is 3.82. The van der Waals surface area contributed by atoms with Gasteiger partial charge in [-0.2, -0.15) is 0 Å². The molecule has 2 rings (SSSR count). The Kier molecular flexibility index (Phi) is 2.80. The van der Waals surface area contributed by atoms with Gasteiger partial charge in [-0.3, -0.25) is 9.59 Å². The molecule has 2 N–H and O–H groups in total. The Morgan fingerprint density at radius 1 is 1.50 bits per heavy atom. The summed E-state index contributed by atoms with van der Waals surface area (Å²) in [6, 6.07) is 0. The van der Waals surface area contributed by atoms with E-state index in [0.29, 0.717) is 13.1 Å². The molecule has 1 saturated heterocycles. The van der Waals surface area contributed by atoms with Crippen LogP contribution in [0.15, 0.2) is 18.7 Å². The summed E-state index contributed by atoms with van der Waals surface area (Å²) >= 11 is 0. The Morgan fingerprint density at radius 3 is 2.75 bits per heavy atom. The molecule has 84 valence electrons. The third kappa shape index (κ3) is 2.16. The lowest BCUT2D eigenvalue weighted by Crippen LogP contribution is -2.28. The molecule has 6 nitrogen and oxygen atoms in total. The number of aromatic nitrogens is 2. The summed E-state index contributed by atoms with van der Waals surface area (Å²) in [6.07, 6.45) is 4.94. The molecule has 2 heterocycles. The lowest BCUT2D eigenvalue weighted by Gasteiger charge is -2.15. The summed E-state index contributed by atoms with van der Waals surface area (Å²) in [4.78, 5) is 31.9. The van der Waals surface area contributed by atoms with Crippen LogP contribution < -0.4 is 5.73 Å². The number of hydrogen-bond donors (Lipinski definition) is 1. The smallest absolute Gasteiger partial charge is 0.223 e. The molecule has 16 heavy (non-hydrogen) atoms. The molecule has 1 aromatic rings. The second kappa shape index (κ2) is 4.26. The number of hydrogen-bond acceptors (Lipinski definition) is 4. The average Bonchev–Trinajstić information content (AvgIpc) is 2.62. The van der Waals surface area contributed by atoms with Crippen LogP contribution in [0.4, 0.5) is 0 Å². The molecule has 1 aliphatic heterocycles. The second-order valence-electron chi connectivity index (χ2n) is 3.82. The zero-order valence-corrected chi connectivity index (χ0v) is 8.67. The molecule has 0 aliphatic carbocycles. The largest absolute Gasteiger partial charge is 0.369 e. The molecule has 0 bridgehead atoms. The van der Waals surface area contributed by atoms with Gasteiger partial charge < -0.3 is 10.6 Å². The highest BCUT2D eigenvalue weighted by atomic mass is 16.2. The van der Waals surface area contributed by atoms with E-state index in [4.69, 9.17) is 5.73 Å². The van der Waals surface area contributed by atoms with E-state index in [2.05, 4.69) is 9.97 Å². The van der Waals surface area contributed by atoms with Crippen molar-refractivity contribution in [2.24, 2.45) is 11.7 Å². The van der Waals surface area contributed by atoms with Crippen LogP contribution in [-0.2, 0) is 16.1 Å². The van der Waals surface area contributed by atoms with E-state index in [-0.39, 0.29) is 18.2 Å². The molecule has 6 heteroatoms. The van der Waals surface area contributed by atoms with E-state index in [1.54, 1.807) is 17.3 Å². The highest BCUT2D eigenvalue weighted by Crippen LogP contribution is 2.19. The lowest BCUT2D eigenvalue weighted by molar-refractivity contribution is -0.128. The van der Waals surface area contributed by atoms with E-state index in [9.17, 15) is 9.59 Å². The van der Waals surface area contributed by atoms with Gasteiger partial charge in [0, 0.05) is 37.5 Å². The number of carbonyl (C=O) groups excluding carboxylic acids is 2. The topological polar surface area (TPSA) is 89.2 Å². The van der Waals surface area contributed by atoms with E-state index in [0.717, 1.165) is 5.56 Å². The van der Waals surface area contributed by atoms with Crippen molar-refractivity contribution in [3.63, 3.8) is 0 Å². The van der Waals surface area contributed by atoms with Gasteiger partial charge in [0.2, 0.25) is 11.8 Å². The molecule has 1 fully saturated rings. The first-order valence-corrected chi connectivity index (χ1v) is 4.98. The first-order valence-electron chi connectivity index (χ1n) is 4.98. The van der Waals surface area contributed by atoms with Crippen molar-refractivity contribution in [2.75, 3.05) is 6.54 Å². The fourth-order valence-corrected chi connectivity index (χ4v) is 1.75. The number of nitrogens with zero attached hydrogens (tertiary/aromatic N) is 3. The van der Waals surface area contributed by atoms with Gasteiger partial charge in [0.15, 0.2) is 0 Å². The van der Waals surface area contributed by atoms with Gasteiger partial charge in [0.1, 0.15) is 6.33 Å². The summed E-state index contributed by atoms with van der Waals surface area (Å²) in [6.45, 7) is 0.826. The molecule has 0 spiro atoms. The highest BCUT2D eigenvalue weighted by Gasteiger charge is 2.32. The molecular weight excluding hydrogens is 208 g/mol. The zero-order chi connectivity index (χ0) is 11.5. The van der Waals surface area contributed by atoms with Gasteiger partial charge in [-0.05, 0) is 0 Å². The fraction of sp³-hybridized carbons (Fsp3) is 0.400. The molecule has 0 saturated carbocycles. The minimum absolute atomic E-state index is 0.0485. The van der Waals surface area contributed by atoms with Crippen LogP contribution >= 0.6 is 0 Å². The monoisotopic (exact) mass is 220 g/mol. The van der Waals surface area contributed by atoms with Gasteiger partial charge in [-0.1, -0.05) is 0 Å². The average molecular weight is 220 g/mol. The number of carbonyl (C=O) groups is 2. The van der Waals surface area contributed by atoms with E-state index in [1.165, 1.54) is 6.33 Å².